The number of hydrogen-bond donors (Lipinski definition) is 2. The molecular weight excluding hydrogens is 230 g/mol. The first kappa shape index (κ1) is 16.9. The van der Waals surface area contributed by atoms with E-state index in [-0.39, 0.29) is 17.7 Å². The summed E-state index contributed by atoms with van der Waals surface area (Å²) < 4.78 is 0. The monoisotopic (exact) mass is 257 g/mol. The summed E-state index contributed by atoms with van der Waals surface area (Å²) in [4.78, 5) is 25.5. The van der Waals surface area contributed by atoms with Crippen molar-refractivity contribution in [3.8, 4) is 0 Å². The van der Waals surface area contributed by atoms with E-state index in [9.17, 15) is 9.59 Å². The molecule has 0 aliphatic rings. The highest BCUT2D eigenvalue weighted by Crippen LogP contribution is 2.09. The summed E-state index contributed by atoms with van der Waals surface area (Å²) in [7, 11) is 3.39. The molecule has 0 aliphatic carbocycles. The second kappa shape index (κ2) is 8.08. The minimum absolute atomic E-state index is 0.0658. The molecule has 2 atom stereocenters. The van der Waals surface area contributed by atoms with Crippen LogP contribution in [0.15, 0.2) is 0 Å². The van der Waals surface area contributed by atoms with Crippen LogP contribution in [0, 0.1) is 11.8 Å². The standard InChI is InChI=1S/C13H27N3O2/c1-6-10(8-14)12(17)15-11(7-9(2)3)13(18)16(4)5/h9-11H,6-8,14H2,1-5H3,(H,15,17). The quantitative estimate of drug-likeness (QED) is 0.701. The first-order valence-electron chi connectivity index (χ1n) is 6.55. The van der Waals surface area contributed by atoms with Gasteiger partial charge in [0, 0.05) is 26.6 Å². The molecule has 5 heteroatoms. The molecule has 0 saturated carbocycles. The molecule has 0 saturated heterocycles. The highest BCUT2D eigenvalue weighted by atomic mass is 16.2. The summed E-state index contributed by atoms with van der Waals surface area (Å²) in [6.07, 6.45) is 1.33. The topological polar surface area (TPSA) is 75.4 Å². The summed E-state index contributed by atoms with van der Waals surface area (Å²) in [5, 5.41) is 2.82. The van der Waals surface area contributed by atoms with E-state index in [1.54, 1.807) is 14.1 Å². The van der Waals surface area contributed by atoms with E-state index < -0.39 is 6.04 Å². The van der Waals surface area contributed by atoms with Crippen LogP contribution in [0.4, 0.5) is 0 Å². The molecule has 0 aromatic carbocycles. The molecule has 3 N–H and O–H groups in total. The van der Waals surface area contributed by atoms with Crippen LogP contribution in [0.25, 0.3) is 0 Å². The molecule has 0 rings (SSSR count). The summed E-state index contributed by atoms with van der Waals surface area (Å²) in [5.74, 6) is -0.0587. The molecule has 0 bridgehead atoms. The van der Waals surface area contributed by atoms with Gasteiger partial charge in [-0.2, -0.15) is 0 Å². The molecule has 0 heterocycles. The number of rotatable bonds is 7. The largest absolute Gasteiger partial charge is 0.347 e. The van der Waals surface area contributed by atoms with Gasteiger partial charge in [-0.05, 0) is 18.8 Å². The van der Waals surface area contributed by atoms with Gasteiger partial charge in [0.1, 0.15) is 6.04 Å². The van der Waals surface area contributed by atoms with Gasteiger partial charge in [-0.25, -0.2) is 0 Å². The maximum Gasteiger partial charge on any atom is 0.244 e. The van der Waals surface area contributed by atoms with Crippen LogP contribution in [-0.2, 0) is 9.59 Å². The Labute approximate surface area is 110 Å². The van der Waals surface area contributed by atoms with Gasteiger partial charge in [0.15, 0.2) is 0 Å². The van der Waals surface area contributed by atoms with E-state index >= 15 is 0 Å². The van der Waals surface area contributed by atoms with Gasteiger partial charge in [0.2, 0.25) is 11.8 Å². The number of hydrogen-bond acceptors (Lipinski definition) is 3. The lowest BCUT2D eigenvalue weighted by Gasteiger charge is -2.25. The Hall–Kier alpha value is -1.10. The van der Waals surface area contributed by atoms with Crippen molar-refractivity contribution in [3.05, 3.63) is 0 Å². The summed E-state index contributed by atoms with van der Waals surface area (Å²) in [6.45, 7) is 6.29. The predicted molar refractivity (Wildman–Crippen MR) is 72.9 cm³/mol. The van der Waals surface area contributed by atoms with E-state index in [0.717, 1.165) is 0 Å². The predicted octanol–water partition coefficient (Wildman–Crippen LogP) is 0.590. The van der Waals surface area contributed by atoms with Crippen molar-refractivity contribution in [1.29, 1.82) is 0 Å². The normalized spacial score (nSPS) is 14.2. The maximum atomic E-state index is 12.0. The molecule has 106 valence electrons. The zero-order valence-electron chi connectivity index (χ0n) is 12.2. The van der Waals surface area contributed by atoms with E-state index in [0.29, 0.717) is 25.3 Å². The number of likely N-dealkylation sites (N-methyl/N-ethyl adjacent to an activating group) is 1. The number of nitrogens with one attached hydrogen (secondary N) is 1. The van der Waals surface area contributed by atoms with Crippen LogP contribution in [0.1, 0.15) is 33.6 Å². The molecular formula is C13H27N3O2. The molecule has 0 aromatic rings. The smallest absolute Gasteiger partial charge is 0.244 e. The zero-order valence-corrected chi connectivity index (χ0v) is 12.2. The van der Waals surface area contributed by atoms with E-state index in [2.05, 4.69) is 5.32 Å². The SMILES string of the molecule is CCC(CN)C(=O)NC(CC(C)C)C(=O)N(C)C. The Bertz CT molecular complexity index is 273. The zero-order chi connectivity index (χ0) is 14.3. The van der Waals surface area contributed by atoms with E-state index in [1.165, 1.54) is 4.90 Å². The number of nitrogens with two attached hydrogens (primary N) is 1. The number of carbonyl (C=O) groups is 2. The van der Waals surface area contributed by atoms with Crippen LogP contribution in [0.3, 0.4) is 0 Å². The maximum absolute atomic E-state index is 12.0. The van der Waals surface area contributed by atoms with Crippen molar-refractivity contribution in [1.82, 2.24) is 10.2 Å². The second-order valence-corrected chi connectivity index (χ2v) is 5.26. The Morgan fingerprint density at radius 1 is 1.28 bits per heavy atom. The molecule has 2 unspecified atom stereocenters. The van der Waals surface area contributed by atoms with Gasteiger partial charge in [0.25, 0.3) is 0 Å². The number of nitrogens with zero attached hydrogens (tertiary/aromatic N) is 1. The van der Waals surface area contributed by atoms with Gasteiger partial charge >= 0.3 is 0 Å². The molecule has 0 spiro atoms. The third-order valence-electron chi connectivity index (χ3n) is 2.91. The molecule has 0 aliphatic heterocycles. The first-order valence-corrected chi connectivity index (χ1v) is 6.55. The third-order valence-corrected chi connectivity index (χ3v) is 2.91. The fraction of sp³-hybridized carbons (Fsp3) is 0.846. The van der Waals surface area contributed by atoms with Gasteiger partial charge in [-0.3, -0.25) is 9.59 Å². The van der Waals surface area contributed by atoms with Crippen molar-refractivity contribution in [2.75, 3.05) is 20.6 Å². The van der Waals surface area contributed by atoms with Crippen molar-refractivity contribution in [2.45, 2.75) is 39.7 Å². The molecule has 0 fully saturated rings. The van der Waals surface area contributed by atoms with Crippen LogP contribution < -0.4 is 11.1 Å². The summed E-state index contributed by atoms with van der Waals surface area (Å²) in [6, 6.07) is -0.451. The Morgan fingerprint density at radius 2 is 1.83 bits per heavy atom. The van der Waals surface area contributed by atoms with Crippen molar-refractivity contribution in [3.63, 3.8) is 0 Å². The highest BCUT2D eigenvalue weighted by molar-refractivity contribution is 5.88. The van der Waals surface area contributed by atoms with Gasteiger partial charge < -0.3 is 16.0 Å². The van der Waals surface area contributed by atoms with Crippen molar-refractivity contribution >= 4 is 11.8 Å². The Morgan fingerprint density at radius 3 is 2.17 bits per heavy atom. The van der Waals surface area contributed by atoms with E-state index in [4.69, 9.17) is 5.73 Å². The minimum atomic E-state index is -0.451. The van der Waals surface area contributed by atoms with Gasteiger partial charge in [0.05, 0.1) is 0 Å². The van der Waals surface area contributed by atoms with Crippen LogP contribution in [0.5, 0.6) is 0 Å². The molecule has 0 aromatic heterocycles. The lowest BCUT2D eigenvalue weighted by Crippen LogP contribution is -2.49. The summed E-state index contributed by atoms with van der Waals surface area (Å²) >= 11 is 0. The fourth-order valence-electron chi connectivity index (χ4n) is 1.75. The summed E-state index contributed by atoms with van der Waals surface area (Å²) in [5.41, 5.74) is 5.54. The Kier molecular flexibility index (Phi) is 7.59. The average molecular weight is 257 g/mol. The average Bonchev–Trinajstić information content (AvgIpc) is 2.28. The van der Waals surface area contributed by atoms with Crippen LogP contribution in [0.2, 0.25) is 0 Å². The van der Waals surface area contributed by atoms with Crippen LogP contribution in [-0.4, -0.2) is 43.4 Å². The van der Waals surface area contributed by atoms with Crippen LogP contribution >= 0.6 is 0 Å². The van der Waals surface area contributed by atoms with Gasteiger partial charge in [-0.15, -0.1) is 0 Å². The highest BCUT2D eigenvalue weighted by Gasteiger charge is 2.25. The van der Waals surface area contributed by atoms with Crippen molar-refractivity contribution < 1.29 is 9.59 Å². The lowest BCUT2D eigenvalue weighted by atomic mass is 10.0. The first-order chi connectivity index (χ1) is 8.33. The molecule has 2 amide bonds. The lowest BCUT2D eigenvalue weighted by molar-refractivity contribution is -0.136. The van der Waals surface area contributed by atoms with E-state index in [1.807, 2.05) is 20.8 Å². The fourth-order valence-corrected chi connectivity index (χ4v) is 1.75. The Balaban J connectivity index is 4.68. The molecule has 5 nitrogen and oxygen atoms in total. The van der Waals surface area contributed by atoms with Crippen molar-refractivity contribution in [2.24, 2.45) is 17.6 Å². The third kappa shape index (κ3) is 5.49. The second-order valence-electron chi connectivity index (χ2n) is 5.26. The molecule has 0 radical (unpaired) electrons. The number of amides is 2. The minimum Gasteiger partial charge on any atom is -0.347 e. The van der Waals surface area contributed by atoms with Gasteiger partial charge in [-0.1, -0.05) is 20.8 Å². The number of carbonyl (C=O) groups excluding carboxylic acids is 2. The molecule has 18 heavy (non-hydrogen) atoms.